The lowest BCUT2D eigenvalue weighted by Crippen LogP contribution is -2.36. The zero-order valence-electron chi connectivity index (χ0n) is 13.4. The molecule has 122 valence electrons. The highest BCUT2D eigenvalue weighted by molar-refractivity contribution is 7.84. The minimum atomic E-state index is -1.45. The third kappa shape index (κ3) is 4.08. The number of benzene rings is 1. The van der Waals surface area contributed by atoms with E-state index in [1.54, 1.807) is 18.4 Å². The largest absolute Gasteiger partial charge is 0.381 e. The first kappa shape index (κ1) is 17.0. The Hall–Kier alpha value is -1.40. The molecule has 22 heavy (non-hydrogen) atoms. The number of hydrogen-bond acceptors (Lipinski definition) is 4. The van der Waals surface area contributed by atoms with Crippen LogP contribution in [0, 0.1) is 0 Å². The number of amides is 1. The molecule has 1 amide bonds. The van der Waals surface area contributed by atoms with E-state index in [0.29, 0.717) is 5.69 Å². The third-order valence-corrected chi connectivity index (χ3v) is 4.73. The number of piperidine rings is 1. The van der Waals surface area contributed by atoms with E-state index in [1.165, 1.54) is 20.3 Å². The number of carbonyl (C=O) groups is 1. The van der Waals surface area contributed by atoms with E-state index in [1.807, 2.05) is 6.07 Å². The summed E-state index contributed by atoms with van der Waals surface area (Å²) in [6, 6.07) is 5.44. The third-order valence-electron chi connectivity index (χ3n) is 3.78. The number of carbonyl (C=O) groups excluding carboxylic acids is 1. The highest BCUT2D eigenvalue weighted by Crippen LogP contribution is 2.29. The van der Waals surface area contributed by atoms with Gasteiger partial charge in [0.2, 0.25) is 0 Å². The molecule has 1 saturated heterocycles. The van der Waals surface area contributed by atoms with Crippen LogP contribution in [0.1, 0.15) is 33.1 Å². The van der Waals surface area contributed by atoms with Gasteiger partial charge in [-0.1, -0.05) is 0 Å². The zero-order valence-corrected chi connectivity index (χ0v) is 14.2. The van der Waals surface area contributed by atoms with Crippen molar-refractivity contribution in [2.75, 3.05) is 29.6 Å². The van der Waals surface area contributed by atoms with Gasteiger partial charge in [0.25, 0.3) is 5.91 Å². The second-order valence-corrected chi connectivity index (χ2v) is 7.55. The lowest BCUT2D eigenvalue weighted by Gasteiger charge is -2.30. The lowest BCUT2D eigenvalue weighted by atomic mass is 10.1. The van der Waals surface area contributed by atoms with Gasteiger partial charge in [-0.2, -0.15) is 0 Å². The van der Waals surface area contributed by atoms with Gasteiger partial charge in [-0.25, -0.2) is 0 Å². The molecule has 1 unspecified atom stereocenters. The van der Waals surface area contributed by atoms with Gasteiger partial charge in [0.1, 0.15) is 5.60 Å². The van der Waals surface area contributed by atoms with Crippen molar-refractivity contribution in [3.8, 4) is 0 Å². The molecule has 2 rings (SSSR count). The fraction of sp³-hybridized carbons (Fsp3) is 0.562. The first-order chi connectivity index (χ1) is 10.3. The van der Waals surface area contributed by atoms with Crippen molar-refractivity contribution >= 4 is 28.1 Å². The molecule has 0 aliphatic carbocycles. The van der Waals surface area contributed by atoms with E-state index in [9.17, 15) is 14.1 Å². The minimum Gasteiger partial charge on any atom is -0.381 e. The van der Waals surface area contributed by atoms with Crippen LogP contribution in [0.5, 0.6) is 0 Å². The molecule has 1 aromatic rings. The highest BCUT2D eigenvalue weighted by Gasteiger charge is 2.24. The molecule has 0 radical (unpaired) electrons. The number of aliphatic hydroxyl groups is 1. The second kappa shape index (κ2) is 6.79. The predicted octanol–water partition coefficient (Wildman–Crippen LogP) is 2.12. The molecule has 0 aromatic heterocycles. The number of nitrogens with zero attached hydrogens (tertiary/aromatic N) is 1. The van der Waals surface area contributed by atoms with Crippen molar-refractivity contribution in [3.63, 3.8) is 0 Å². The molecule has 1 atom stereocenters. The van der Waals surface area contributed by atoms with Crippen molar-refractivity contribution in [1.82, 2.24) is 0 Å². The van der Waals surface area contributed by atoms with Crippen LogP contribution < -0.4 is 10.2 Å². The Bertz CT molecular complexity index is 575. The summed E-state index contributed by atoms with van der Waals surface area (Å²) < 4.78 is 12.1. The van der Waals surface area contributed by atoms with Gasteiger partial charge < -0.3 is 15.3 Å². The Morgan fingerprint density at radius 2 is 1.91 bits per heavy atom. The highest BCUT2D eigenvalue weighted by atomic mass is 32.2. The van der Waals surface area contributed by atoms with Gasteiger partial charge in [0, 0.05) is 25.0 Å². The van der Waals surface area contributed by atoms with E-state index in [2.05, 4.69) is 10.2 Å². The second-order valence-electron chi connectivity index (χ2n) is 6.20. The van der Waals surface area contributed by atoms with E-state index in [4.69, 9.17) is 0 Å². The van der Waals surface area contributed by atoms with Crippen LogP contribution in [0.2, 0.25) is 0 Å². The number of anilines is 2. The van der Waals surface area contributed by atoms with Gasteiger partial charge in [-0.15, -0.1) is 0 Å². The predicted molar refractivity (Wildman–Crippen MR) is 89.8 cm³/mol. The average Bonchev–Trinajstić information content (AvgIpc) is 2.47. The molecule has 0 spiro atoms. The summed E-state index contributed by atoms with van der Waals surface area (Å²) in [4.78, 5) is 14.8. The maximum absolute atomic E-state index is 12.1. The Labute approximate surface area is 134 Å². The Morgan fingerprint density at radius 3 is 2.45 bits per heavy atom. The number of hydrogen-bond donors (Lipinski definition) is 2. The summed E-state index contributed by atoms with van der Waals surface area (Å²) in [6.07, 6.45) is 5.17. The summed E-state index contributed by atoms with van der Waals surface area (Å²) >= 11 is 0. The average molecular weight is 324 g/mol. The van der Waals surface area contributed by atoms with Crippen LogP contribution in [0.4, 0.5) is 11.4 Å². The van der Waals surface area contributed by atoms with Crippen LogP contribution >= 0.6 is 0 Å². The molecule has 2 N–H and O–H groups in total. The molecule has 5 nitrogen and oxygen atoms in total. The van der Waals surface area contributed by atoms with Crippen molar-refractivity contribution in [1.29, 1.82) is 0 Å². The van der Waals surface area contributed by atoms with Crippen molar-refractivity contribution in [2.45, 2.75) is 43.6 Å². The molecule has 6 heteroatoms. The Kier molecular flexibility index (Phi) is 5.24. The van der Waals surface area contributed by atoms with E-state index >= 15 is 0 Å². The molecule has 0 saturated carbocycles. The summed E-state index contributed by atoms with van der Waals surface area (Å²) in [5.74, 6) is -0.481. The zero-order chi connectivity index (χ0) is 16.3. The van der Waals surface area contributed by atoms with E-state index in [0.717, 1.165) is 36.5 Å². The van der Waals surface area contributed by atoms with Gasteiger partial charge in [-0.05, 0) is 51.3 Å². The summed E-state index contributed by atoms with van der Waals surface area (Å²) in [7, 11) is -1.14. The molecule has 1 aromatic carbocycles. The summed E-state index contributed by atoms with van der Waals surface area (Å²) in [6.45, 7) is 4.81. The molecule has 1 heterocycles. The lowest BCUT2D eigenvalue weighted by molar-refractivity contribution is -0.130. The smallest absolute Gasteiger partial charge is 0.255 e. The molecular formula is C16H24N2O3S. The minimum absolute atomic E-state index is 0.481. The number of rotatable bonds is 4. The standard InChI is InChI=1S/C16H24N2O3S/c1-16(2,20)15(19)17-12-7-8-13(14(11-12)22(3)21)18-9-5-4-6-10-18/h7-8,11,20H,4-6,9-10H2,1-3H3,(H,17,19). The molecule has 1 fully saturated rings. The van der Waals surface area contributed by atoms with E-state index in [-0.39, 0.29) is 0 Å². The van der Waals surface area contributed by atoms with E-state index < -0.39 is 22.3 Å². The van der Waals surface area contributed by atoms with Crippen LogP contribution in [0.25, 0.3) is 0 Å². The monoisotopic (exact) mass is 324 g/mol. The van der Waals surface area contributed by atoms with Gasteiger partial charge >= 0.3 is 0 Å². The van der Waals surface area contributed by atoms with Gasteiger partial charge in [0.05, 0.1) is 21.4 Å². The Morgan fingerprint density at radius 1 is 1.27 bits per heavy atom. The maximum Gasteiger partial charge on any atom is 0.255 e. The van der Waals surface area contributed by atoms with Crippen molar-refractivity contribution in [2.24, 2.45) is 0 Å². The molecule has 1 aliphatic rings. The normalized spacial score (nSPS) is 17.2. The van der Waals surface area contributed by atoms with Crippen LogP contribution in [0.3, 0.4) is 0 Å². The first-order valence-electron chi connectivity index (χ1n) is 7.55. The maximum atomic E-state index is 12.1. The fourth-order valence-corrected chi connectivity index (χ4v) is 3.29. The SMILES string of the molecule is CS(=O)c1cc(NC(=O)C(C)(C)O)ccc1N1CCCCC1. The van der Waals surface area contributed by atoms with Crippen LogP contribution in [0.15, 0.2) is 23.1 Å². The number of nitrogens with one attached hydrogen (secondary N) is 1. The van der Waals surface area contributed by atoms with Gasteiger partial charge in [0.15, 0.2) is 0 Å². The quantitative estimate of drug-likeness (QED) is 0.890. The van der Waals surface area contributed by atoms with Crippen LogP contribution in [-0.2, 0) is 15.6 Å². The Balaban J connectivity index is 2.27. The van der Waals surface area contributed by atoms with Crippen LogP contribution in [-0.4, -0.2) is 40.2 Å². The molecule has 0 bridgehead atoms. The molecule has 1 aliphatic heterocycles. The van der Waals surface area contributed by atoms with Crippen molar-refractivity contribution in [3.05, 3.63) is 18.2 Å². The summed E-state index contributed by atoms with van der Waals surface area (Å²) in [5.41, 5.74) is 0.0803. The topological polar surface area (TPSA) is 69.6 Å². The van der Waals surface area contributed by atoms with Gasteiger partial charge in [-0.3, -0.25) is 9.00 Å². The summed E-state index contributed by atoms with van der Waals surface area (Å²) in [5, 5.41) is 12.4. The fourth-order valence-electron chi connectivity index (χ4n) is 2.50. The first-order valence-corrected chi connectivity index (χ1v) is 9.11. The molecular weight excluding hydrogens is 300 g/mol. The van der Waals surface area contributed by atoms with Crippen molar-refractivity contribution < 1.29 is 14.1 Å².